The van der Waals surface area contributed by atoms with Gasteiger partial charge in [-0.1, -0.05) is 32.0 Å². The van der Waals surface area contributed by atoms with E-state index in [2.05, 4.69) is 24.1 Å². The lowest BCUT2D eigenvalue weighted by atomic mass is 10.2. The number of hydrogen-bond acceptors (Lipinski definition) is 5. The molecule has 27 heavy (non-hydrogen) atoms. The van der Waals surface area contributed by atoms with Crippen LogP contribution in [0.2, 0.25) is 0 Å². The van der Waals surface area contributed by atoms with Crippen LogP contribution in [-0.4, -0.2) is 51.7 Å². The van der Waals surface area contributed by atoms with Crippen molar-refractivity contribution in [3.8, 4) is 5.75 Å². The first-order valence-corrected chi connectivity index (χ1v) is 10.8. The minimum atomic E-state index is -3.37. The summed E-state index contributed by atoms with van der Waals surface area (Å²) in [4.78, 5) is 14.9. The van der Waals surface area contributed by atoms with E-state index in [1.165, 1.54) is 12.1 Å². The van der Waals surface area contributed by atoms with Crippen molar-refractivity contribution in [2.45, 2.75) is 18.7 Å². The fraction of sp³-hybridized carbons (Fsp3) is 0.350. The first kappa shape index (κ1) is 20.9. The van der Waals surface area contributed by atoms with E-state index in [1.54, 1.807) is 30.3 Å². The molecule has 0 aliphatic rings. The van der Waals surface area contributed by atoms with Gasteiger partial charge >= 0.3 is 0 Å². The molecule has 2 rings (SSSR count). The van der Waals surface area contributed by atoms with E-state index in [9.17, 15) is 13.2 Å². The maximum atomic E-state index is 12.6. The molecule has 1 N–H and O–H groups in total. The number of ether oxygens (including phenoxy) is 1. The number of likely N-dealkylation sites (N-methyl/N-ethyl adjacent to an activating group) is 1. The molecule has 2 aromatic carbocycles. The standard InChI is InChI=1S/C20H26N2O4S/c1-4-22(5-2)13-14-26-19-12-7-6-11-18(19)21-20(23)16-9-8-10-17(15-16)27(3,24)25/h6-12,15H,4-5,13-14H2,1-3H3,(H,21,23). The Morgan fingerprint density at radius 3 is 2.44 bits per heavy atom. The highest BCUT2D eigenvalue weighted by Gasteiger charge is 2.13. The summed E-state index contributed by atoms with van der Waals surface area (Å²) in [5, 5.41) is 2.80. The SMILES string of the molecule is CCN(CC)CCOc1ccccc1NC(=O)c1cccc(S(C)(=O)=O)c1. The van der Waals surface area contributed by atoms with Gasteiger partial charge in [0.25, 0.3) is 5.91 Å². The Bertz CT molecular complexity index is 877. The fourth-order valence-corrected chi connectivity index (χ4v) is 3.25. The van der Waals surface area contributed by atoms with Crippen LogP contribution in [0.25, 0.3) is 0 Å². The van der Waals surface area contributed by atoms with Gasteiger partial charge in [0.15, 0.2) is 9.84 Å². The lowest BCUT2D eigenvalue weighted by Gasteiger charge is -2.19. The van der Waals surface area contributed by atoms with Crippen LogP contribution >= 0.6 is 0 Å². The molecule has 0 heterocycles. The van der Waals surface area contributed by atoms with Crippen LogP contribution in [0.15, 0.2) is 53.4 Å². The average Bonchev–Trinajstić information content (AvgIpc) is 2.66. The van der Waals surface area contributed by atoms with Gasteiger partial charge in [-0.3, -0.25) is 4.79 Å². The van der Waals surface area contributed by atoms with Gasteiger partial charge in [-0.25, -0.2) is 8.42 Å². The van der Waals surface area contributed by atoms with Crippen LogP contribution in [0.5, 0.6) is 5.75 Å². The normalized spacial score (nSPS) is 11.4. The number of benzene rings is 2. The number of sulfone groups is 1. The Morgan fingerprint density at radius 2 is 1.78 bits per heavy atom. The number of nitrogens with zero attached hydrogens (tertiary/aromatic N) is 1. The Morgan fingerprint density at radius 1 is 1.07 bits per heavy atom. The molecule has 0 saturated heterocycles. The van der Waals surface area contributed by atoms with Gasteiger partial charge in [-0.2, -0.15) is 0 Å². The topological polar surface area (TPSA) is 75.7 Å². The zero-order valence-electron chi connectivity index (χ0n) is 15.9. The van der Waals surface area contributed by atoms with E-state index < -0.39 is 9.84 Å². The Kier molecular flexibility index (Phi) is 7.38. The van der Waals surface area contributed by atoms with Crippen molar-refractivity contribution in [1.29, 1.82) is 0 Å². The lowest BCUT2D eigenvalue weighted by Crippen LogP contribution is -2.28. The quantitative estimate of drug-likeness (QED) is 0.712. The number of nitrogens with one attached hydrogen (secondary N) is 1. The van der Waals surface area contributed by atoms with Crippen LogP contribution in [0.1, 0.15) is 24.2 Å². The lowest BCUT2D eigenvalue weighted by molar-refractivity contribution is 0.102. The molecule has 6 nitrogen and oxygen atoms in total. The number of carbonyl (C=O) groups excluding carboxylic acids is 1. The van der Waals surface area contributed by atoms with Crippen molar-refractivity contribution in [3.63, 3.8) is 0 Å². The van der Waals surface area contributed by atoms with Crippen molar-refractivity contribution in [3.05, 3.63) is 54.1 Å². The summed E-state index contributed by atoms with van der Waals surface area (Å²) in [6, 6.07) is 13.2. The summed E-state index contributed by atoms with van der Waals surface area (Å²) >= 11 is 0. The smallest absolute Gasteiger partial charge is 0.255 e. The Labute approximate surface area is 161 Å². The molecule has 2 aromatic rings. The second kappa shape index (κ2) is 9.53. The van der Waals surface area contributed by atoms with Gasteiger partial charge < -0.3 is 15.0 Å². The molecule has 146 valence electrons. The predicted molar refractivity (Wildman–Crippen MR) is 107 cm³/mol. The summed E-state index contributed by atoms with van der Waals surface area (Å²) in [6.45, 7) is 7.41. The number of carbonyl (C=O) groups is 1. The molecule has 0 atom stereocenters. The molecule has 0 unspecified atom stereocenters. The zero-order chi connectivity index (χ0) is 19.9. The molecule has 0 spiro atoms. The predicted octanol–water partition coefficient (Wildman–Crippen LogP) is 3.06. The van der Waals surface area contributed by atoms with Gasteiger partial charge in [0.05, 0.1) is 10.6 Å². The van der Waals surface area contributed by atoms with E-state index >= 15 is 0 Å². The Hall–Kier alpha value is -2.38. The third kappa shape index (κ3) is 6.08. The summed E-state index contributed by atoms with van der Waals surface area (Å²) in [6.07, 6.45) is 1.11. The van der Waals surface area contributed by atoms with Crippen LogP contribution in [0.3, 0.4) is 0 Å². The maximum Gasteiger partial charge on any atom is 0.255 e. The number of anilines is 1. The van der Waals surface area contributed by atoms with E-state index in [0.29, 0.717) is 18.0 Å². The molecule has 0 fully saturated rings. The van der Waals surface area contributed by atoms with Gasteiger partial charge in [-0.05, 0) is 43.4 Å². The zero-order valence-corrected chi connectivity index (χ0v) is 16.8. The van der Waals surface area contributed by atoms with E-state index in [-0.39, 0.29) is 16.4 Å². The second-order valence-corrected chi connectivity index (χ2v) is 8.14. The molecular formula is C20H26N2O4S. The van der Waals surface area contributed by atoms with E-state index in [0.717, 1.165) is 25.9 Å². The molecule has 0 saturated carbocycles. The molecule has 0 aliphatic heterocycles. The van der Waals surface area contributed by atoms with Crippen LogP contribution in [-0.2, 0) is 9.84 Å². The van der Waals surface area contributed by atoms with Gasteiger partial charge in [0, 0.05) is 18.4 Å². The van der Waals surface area contributed by atoms with Gasteiger partial charge in [0.2, 0.25) is 0 Å². The van der Waals surface area contributed by atoms with Crippen molar-refractivity contribution in [1.82, 2.24) is 4.90 Å². The number of hydrogen-bond donors (Lipinski definition) is 1. The highest BCUT2D eigenvalue weighted by molar-refractivity contribution is 7.90. The molecule has 1 amide bonds. The van der Waals surface area contributed by atoms with Crippen LogP contribution in [0.4, 0.5) is 5.69 Å². The van der Waals surface area contributed by atoms with Crippen molar-refractivity contribution >= 4 is 21.4 Å². The molecular weight excluding hydrogens is 364 g/mol. The van der Waals surface area contributed by atoms with E-state index in [1.807, 2.05) is 6.07 Å². The second-order valence-electron chi connectivity index (χ2n) is 6.13. The summed E-state index contributed by atoms with van der Waals surface area (Å²) in [7, 11) is -3.37. The first-order valence-electron chi connectivity index (χ1n) is 8.90. The summed E-state index contributed by atoms with van der Waals surface area (Å²) < 4.78 is 29.2. The monoisotopic (exact) mass is 390 g/mol. The summed E-state index contributed by atoms with van der Waals surface area (Å²) in [5.41, 5.74) is 0.822. The van der Waals surface area contributed by atoms with Crippen molar-refractivity contribution in [2.75, 3.05) is 37.8 Å². The minimum absolute atomic E-state index is 0.110. The summed E-state index contributed by atoms with van der Waals surface area (Å²) in [5.74, 6) is 0.192. The molecule has 0 aliphatic carbocycles. The number of para-hydroxylation sites is 2. The third-order valence-corrected chi connectivity index (χ3v) is 5.33. The van der Waals surface area contributed by atoms with Gasteiger partial charge in [-0.15, -0.1) is 0 Å². The molecule has 0 bridgehead atoms. The van der Waals surface area contributed by atoms with Crippen LogP contribution < -0.4 is 10.1 Å². The number of amides is 1. The highest BCUT2D eigenvalue weighted by atomic mass is 32.2. The van der Waals surface area contributed by atoms with Crippen molar-refractivity contribution in [2.24, 2.45) is 0 Å². The molecule has 0 radical (unpaired) electrons. The number of rotatable bonds is 9. The fourth-order valence-electron chi connectivity index (χ4n) is 2.58. The van der Waals surface area contributed by atoms with Gasteiger partial charge in [0.1, 0.15) is 12.4 Å². The highest BCUT2D eigenvalue weighted by Crippen LogP contribution is 2.24. The van der Waals surface area contributed by atoms with Crippen molar-refractivity contribution < 1.29 is 17.9 Å². The maximum absolute atomic E-state index is 12.6. The first-order chi connectivity index (χ1) is 12.8. The molecule has 7 heteroatoms. The third-order valence-electron chi connectivity index (χ3n) is 4.22. The molecule has 0 aromatic heterocycles. The minimum Gasteiger partial charge on any atom is -0.490 e. The Balaban J connectivity index is 2.10. The largest absolute Gasteiger partial charge is 0.490 e. The van der Waals surface area contributed by atoms with Crippen LogP contribution in [0, 0.1) is 0 Å². The van der Waals surface area contributed by atoms with E-state index in [4.69, 9.17) is 4.74 Å². The average molecular weight is 391 g/mol.